The zero-order chi connectivity index (χ0) is 21.2. The number of aryl methyl sites for hydroxylation is 1. The van der Waals surface area contributed by atoms with Crippen LogP contribution in [0.1, 0.15) is 38.3 Å². The fourth-order valence-electron chi connectivity index (χ4n) is 3.32. The highest BCUT2D eigenvalue weighted by Crippen LogP contribution is 2.32. The molecule has 1 heterocycles. The van der Waals surface area contributed by atoms with Crippen LogP contribution in [0, 0.1) is 6.92 Å². The molecule has 0 amide bonds. The van der Waals surface area contributed by atoms with Gasteiger partial charge >= 0.3 is 5.97 Å². The summed E-state index contributed by atoms with van der Waals surface area (Å²) in [5, 5.41) is 0. The third-order valence-electron chi connectivity index (χ3n) is 4.66. The van der Waals surface area contributed by atoms with Crippen molar-refractivity contribution in [2.75, 3.05) is 6.54 Å². The highest BCUT2D eigenvalue weighted by Gasteiger charge is 2.37. The molecule has 3 rings (SSSR count). The molecule has 6 heteroatoms. The molecule has 0 radical (unpaired) electrons. The lowest BCUT2D eigenvalue weighted by atomic mass is 10.1. The second-order valence-electron chi connectivity index (χ2n) is 8.28. The molecule has 1 unspecified atom stereocenters. The number of sulfonamides is 1. The molecule has 2 aromatic carbocycles. The molecular formula is C23H27NO4S. The number of rotatable bonds is 5. The number of benzene rings is 2. The maximum atomic E-state index is 13.3. The summed E-state index contributed by atoms with van der Waals surface area (Å²) in [6.45, 7) is 7.52. The average Bonchev–Trinajstić information content (AvgIpc) is 3.05. The third kappa shape index (κ3) is 5.14. The first-order chi connectivity index (χ1) is 13.6. The van der Waals surface area contributed by atoms with Crippen LogP contribution in [-0.4, -0.2) is 36.9 Å². The Morgan fingerprint density at radius 1 is 1.07 bits per heavy atom. The molecule has 5 nitrogen and oxygen atoms in total. The van der Waals surface area contributed by atoms with Crippen LogP contribution in [0.3, 0.4) is 0 Å². The van der Waals surface area contributed by atoms with Crippen LogP contribution in [0.15, 0.2) is 65.6 Å². The predicted molar refractivity (Wildman–Crippen MR) is 114 cm³/mol. The normalized spacial score (nSPS) is 17.8. The fourth-order valence-corrected chi connectivity index (χ4v) is 4.87. The van der Waals surface area contributed by atoms with Gasteiger partial charge in [0.05, 0.1) is 17.4 Å². The lowest BCUT2D eigenvalue weighted by Gasteiger charge is -2.25. The van der Waals surface area contributed by atoms with Gasteiger partial charge in [-0.2, -0.15) is 4.31 Å². The highest BCUT2D eigenvalue weighted by atomic mass is 32.2. The van der Waals surface area contributed by atoms with Crippen molar-refractivity contribution < 1.29 is 17.9 Å². The quantitative estimate of drug-likeness (QED) is 0.690. The Kier molecular flexibility index (Phi) is 5.96. The van der Waals surface area contributed by atoms with Crippen molar-refractivity contribution in [1.82, 2.24) is 4.31 Å². The molecule has 0 N–H and O–H groups in total. The molecule has 0 saturated heterocycles. The van der Waals surface area contributed by atoms with E-state index in [2.05, 4.69) is 0 Å². The smallest absolute Gasteiger partial charge is 0.308 e. The van der Waals surface area contributed by atoms with Gasteiger partial charge in [-0.1, -0.05) is 54.1 Å². The van der Waals surface area contributed by atoms with Crippen molar-refractivity contribution in [2.45, 2.75) is 50.7 Å². The topological polar surface area (TPSA) is 63.7 Å². The summed E-state index contributed by atoms with van der Waals surface area (Å²) in [6, 6.07) is 15.8. The number of hydrogen-bond donors (Lipinski definition) is 0. The summed E-state index contributed by atoms with van der Waals surface area (Å²) < 4.78 is 33.5. The van der Waals surface area contributed by atoms with E-state index in [9.17, 15) is 13.2 Å². The van der Waals surface area contributed by atoms with E-state index in [-0.39, 0.29) is 17.9 Å². The van der Waals surface area contributed by atoms with Crippen molar-refractivity contribution >= 4 is 21.6 Å². The van der Waals surface area contributed by atoms with Gasteiger partial charge in [0.15, 0.2) is 0 Å². The molecule has 1 atom stereocenters. The summed E-state index contributed by atoms with van der Waals surface area (Å²) in [5.74, 6) is -0.419. The monoisotopic (exact) mass is 413 g/mol. The maximum Gasteiger partial charge on any atom is 0.308 e. The number of carbonyl (C=O) groups excluding carboxylic acids is 1. The van der Waals surface area contributed by atoms with Gasteiger partial charge in [0.2, 0.25) is 10.0 Å². The van der Waals surface area contributed by atoms with Crippen LogP contribution < -0.4 is 0 Å². The number of ether oxygens (including phenoxy) is 1. The van der Waals surface area contributed by atoms with Crippen LogP contribution in [0.25, 0.3) is 5.57 Å². The van der Waals surface area contributed by atoms with Crippen molar-refractivity contribution in [1.29, 1.82) is 0 Å². The van der Waals surface area contributed by atoms with Gasteiger partial charge in [0.25, 0.3) is 0 Å². The second kappa shape index (κ2) is 8.13. The standard InChI is InChI=1S/C23H27NO4S/c1-17-10-12-21(13-11-17)29(26,27)24-16-19(18-8-6-5-7-9-18)14-20(24)15-22(25)28-23(2,3)4/h5-14,20H,15-16H2,1-4H3. The molecule has 29 heavy (non-hydrogen) atoms. The van der Waals surface area contributed by atoms with Crippen LogP contribution in [-0.2, 0) is 19.6 Å². The van der Waals surface area contributed by atoms with Gasteiger partial charge in [-0.05, 0) is 51.0 Å². The Labute approximate surface area is 173 Å². The Balaban J connectivity index is 1.93. The largest absolute Gasteiger partial charge is 0.460 e. The van der Waals surface area contributed by atoms with E-state index >= 15 is 0 Å². The summed E-state index contributed by atoms with van der Waals surface area (Å²) in [5.41, 5.74) is 2.19. The van der Waals surface area contributed by atoms with Gasteiger partial charge in [0, 0.05) is 6.54 Å². The molecule has 0 bridgehead atoms. The molecule has 0 aromatic heterocycles. The van der Waals surface area contributed by atoms with Gasteiger partial charge < -0.3 is 4.74 Å². The molecule has 2 aromatic rings. The zero-order valence-corrected chi connectivity index (χ0v) is 18.1. The van der Waals surface area contributed by atoms with E-state index in [0.717, 1.165) is 16.7 Å². The highest BCUT2D eigenvalue weighted by molar-refractivity contribution is 7.89. The van der Waals surface area contributed by atoms with Gasteiger partial charge in [-0.25, -0.2) is 8.42 Å². The summed E-state index contributed by atoms with van der Waals surface area (Å²) in [4.78, 5) is 12.7. The van der Waals surface area contributed by atoms with Crippen molar-refractivity contribution in [3.63, 3.8) is 0 Å². The number of nitrogens with zero attached hydrogens (tertiary/aromatic N) is 1. The molecule has 1 aliphatic rings. The van der Waals surface area contributed by atoms with Crippen LogP contribution in [0.4, 0.5) is 0 Å². The SMILES string of the molecule is Cc1ccc(S(=O)(=O)N2CC(c3ccccc3)=CC2CC(=O)OC(C)(C)C)cc1. The van der Waals surface area contributed by atoms with E-state index in [0.29, 0.717) is 0 Å². The minimum Gasteiger partial charge on any atom is -0.460 e. The lowest BCUT2D eigenvalue weighted by molar-refractivity contribution is -0.155. The first-order valence-corrected chi connectivity index (χ1v) is 11.1. The van der Waals surface area contributed by atoms with E-state index in [1.807, 2.05) is 43.3 Å². The van der Waals surface area contributed by atoms with E-state index in [1.165, 1.54) is 4.31 Å². The minimum absolute atomic E-state index is 0.0291. The van der Waals surface area contributed by atoms with E-state index in [4.69, 9.17) is 4.74 Å². The Hall–Kier alpha value is -2.44. The molecule has 0 spiro atoms. The summed E-state index contributed by atoms with van der Waals surface area (Å²) in [7, 11) is -3.76. The fraction of sp³-hybridized carbons (Fsp3) is 0.348. The molecule has 0 fully saturated rings. The summed E-state index contributed by atoms with van der Waals surface area (Å²) >= 11 is 0. The van der Waals surface area contributed by atoms with Crippen LogP contribution >= 0.6 is 0 Å². The Morgan fingerprint density at radius 3 is 2.28 bits per heavy atom. The van der Waals surface area contributed by atoms with Crippen LogP contribution in [0.5, 0.6) is 0 Å². The lowest BCUT2D eigenvalue weighted by Crippen LogP contribution is -2.38. The number of carbonyl (C=O) groups is 1. The van der Waals surface area contributed by atoms with Crippen LogP contribution in [0.2, 0.25) is 0 Å². The van der Waals surface area contributed by atoms with Gasteiger partial charge in [-0.15, -0.1) is 0 Å². The Bertz CT molecular complexity index is 1000. The maximum absolute atomic E-state index is 13.3. The van der Waals surface area contributed by atoms with Crippen molar-refractivity contribution in [3.05, 3.63) is 71.8 Å². The predicted octanol–water partition coefficient (Wildman–Crippen LogP) is 4.18. The third-order valence-corrected chi connectivity index (χ3v) is 6.54. The molecule has 0 aliphatic carbocycles. The summed E-state index contributed by atoms with van der Waals surface area (Å²) in [6.07, 6.45) is 1.84. The molecular weight excluding hydrogens is 386 g/mol. The number of esters is 1. The van der Waals surface area contributed by atoms with E-state index < -0.39 is 27.6 Å². The average molecular weight is 414 g/mol. The first-order valence-electron chi connectivity index (χ1n) is 9.63. The molecule has 1 aliphatic heterocycles. The van der Waals surface area contributed by atoms with Crippen molar-refractivity contribution in [3.8, 4) is 0 Å². The first kappa shape index (κ1) is 21.3. The second-order valence-corrected chi connectivity index (χ2v) is 10.2. The zero-order valence-electron chi connectivity index (χ0n) is 17.3. The Morgan fingerprint density at radius 2 is 1.69 bits per heavy atom. The van der Waals surface area contributed by atoms with Gasteiger partial charge in [0.1, 0.15) is 5.60 Å². The molecule has 154 valence electrons. The number of hydrogen-bond acceptors (Lipinski definition) is 4. The molecule has 0 saturated carbocycles. The van der Waals surface area contributed by atoms with Gasteiger partial charge in [-0.3, -0.25) is 4.79 Å². The van der Waals surface area contributed by atoms with Crippen molar-refractivity contribution in [2.24, 2.45) is 0 Å². The minimum atomic E-state index is -3.76. The van der Waals surface area contributed by atoms with E-state index in [1.54, 1.807) is 45.0 Å².